The molecule has 0 aliphatic carbocycles. The molecule has 0 radical (unpaired) electrons. The molecule has 3 heterocycles. The molecular formula is C32H54N8O6S3. The number of nitrogens with two attached hydrogens (primary N) is 1. The minimum absolute atomic E-state index is 0.0448. The van der Waals surface area contributed by atoms with Crippen molar-refractivity contribution in [2.75, 3.05) is 43.0 Å². The Balaban J connectivity index is 1.22. The first kappa shape index (κ1) is 40.8. The van der Waals surface area contributed by atoms with Crippen LogP contribution in [-0.2, 0) is 25.5 Å². The maximum absolute atomic E-state index is 12.6. The van der Waals surface area contributed by atoms with Crippen LogP contribution < -0.4 is 16.4 Å². The van der Waals surface area contributed by atoms with E-state index in [9.17, 15) is 19.2 Å². The highest BCUT2D eigenvalue weighted by Crippen LogP contribution is 2.25. The second kappa shape index (κ2) is 19.1. The van der Waals surface area contributed by atoms with E-state index in [-0.39, 0.29) is 46.4 Å². The number of carbonyl (C=O) groups excluding carboxylic acids is 4. The van der Waals surface area contributed by atoms with Gasteiger partial charge in [0, 0.05) is 45.4 Å². The van der Waals surface area contributed by atoms with Crippen molar-refractivity contribution in [2.45, 2.75) is 109 Å². The van der Waals surface area contributed by atoms with E-state index in [4.69, 9.17) is 20.6 Å². The molecule has 4 amide bonds. The molecule has 1 aromatic rings. The fourth-order valence-corrected chi connectivity index (χ4v) is 7.98. The molecule has 1 aromatic heterocycles. The zero-order chi connectivity index (χ0) is 36.2. The van der Waals surface area contributed by atoms with Crippen LogP contribution in [0.3, 0.4) is 0 Å². The van der Waals surface area contributed by atoms with Crippen molar-refractivity contribution in [1.82, 2.24) is 25.3 Å². The van der Waals surface area contributed by atoms with Crippen LogP contribution in [0.4, 0.5) is 14.7 Å². The van der Waals surface area contributed by atoms with E-state index < -0.39 is 11.2 Å². The second-order valence-corrected chi connectivity index (χ2v) is 18.0. The number of amides is 4. The Labute approximate surface area is 302 Å². The van der Waals surface area contributed by atoms with Crippen LogP contribution >= 0.6 is 34.9 Å². The molecule has 5 N–H and O–H groups in total. The number of likely N-dealkylation sites (tertiary alicyclic amines) is 2. The van der Waals surface area contributed by atoms with Gasteiger partial charge in [-0.15, -0.1) is 10.2 Å². The van der Waals surface area contributed by atoms with Gasteiger partial charge in [0.05, 0.1) is 5.37 Å². The molecule has 14 nitrogen and oxygen atoms in total. The monoisotopic (exact) mass is 742 g/mol. The molecule has 2 aliphatic heterocycles. The highest BCUT2D eigenvalue weighted by molar-refractivity contribution is 8.14. The highest BCUT2D eigenvalue weighted by Gasteiger charge is 2.29. The van der Waals surface area contributed by atoms with Gasteiger partial charge in [-0.05, 0) is 97.0 Å². The standard InChI is InChI=1S/C32H54N8O6S3/c1-31(2,3)45-29(43)39-13-7-21(8-14-39)19-24(41)35-27(34)48-23(33)11-17-47-18-12-26-37-38-28(49-26)36-25(42)20-22-9-15-40(16-10-22)30(44)46-32(4,5)6/h21-23H,7-20,33H2,1-6H3,(H2,34,35,41)(H,36,38,42). The van der Waals surface area contributed by atoms with Crippen LogP contribution in [-0.4, -0.2) is 103 Å². The molecule has 1 unspecified atom stereocenters. The Bertz CT molecular complexity index is 1270. The van der Waals surface area contributed by atoms with Gasteiger partial charge in [-0.25, -0.2) is 9.59 Å². The summed E-state index contributed by atoms with van der Waals surface area (Å²) >= 11 is 4.23. The zero-order valence-electron chi connectivity index (χ0n) is 29.7. The summed E-state index contributed by atoms with van der Waals surface area (Å²) in [6.07, 6.45) is 4.39. The summed E-state index contributed by atoms with van der Waals surface area (Å²) in [4.78, 5) is 53.0. The van der Waals surface area contributed by atoms with Gasteiger partial charge in [0.1, 0.15) is 16.2 Å². The van der Waals surface area contributed by atoms with Gasteiger partial charge in [-0.1, -0.05) is 23.1 Å². The maximum atomic E-state index is 12.6. The average molecular weight is 743 g/mol. The molecule has 0 saturated carbocycles. The van der Waals surface area contributed by atoms with Crippen molar-refractivity contribution in [3.63, 3.8) is 0 Å². The predicted molar refractivity (Wildman–Crippen MR) is 196 cm³/mol. The molecule has 17 heteroatoms. The maximum Gasteiger partial charge on any atom is 0.410 e. The Kier molecular flexibility index (Phi) is 15.9. The molecule has 2 saturated heterocycles. The van der Waals surface area contributed by atoms with Crippen LogP contribution in [0.5, 0.6) is 0 Å². The molecule has 0 aromatic carbocycles. The van der Waals surface area contributed by atoms with Gasteiger partial charge in [0.25, 0.3) is 0 Å². The van der Waals surface area contributed by atoms with E-state index in [1.54, 1.807) is 21.6 Å². The molecule has 2 fully saturated rings. The number of hydrogen-bond acceptors (Lipinski definition) is 13. The summed E-state index contributed by atoms with van der Waals surface area (Å²) in [7, 11) is 0. The molecule has 49 heavy (non-hydrogen) atoms. The van der Waals surface area contributed by atoms with E-state index in [2.05, 4.69) is 20.8 Å². The van der Waals surface area contributed by atoms with Crippen LogP contribution in [0.25, 0.3) is 0 Å². The number of ether oxygens (including phenoxy) is 2. The number of carbonyl (C=O) groups is 4. The lowest BCUT2D eigenvalue weighted by Crippen LogP contribution is -2.42. The Morgan fingerprint density at radius 3 is 1.90 bits per heavy atom. The third-order valence-electron chi connectivity index (χ3n) is 7.72. The van der Waals surface area contributed by atoms with Crippen molar-refractivity contribution in [3.05, 3.63) is 5.01 Å². The fraction of sp³-hybridized carbons (Fsp3) is 0.781. The van der Waals surface area contributed by atoms with Crippen molar-refractivity contribution < 1.29 is 28.7 Å². The summed E-state index contributed by atoms with van der Waals surface area (Å²) < 4.78 is 10.9. The van der Waals surface area contributed by atoms with Crippen LogP contribution in [0.2, 0.25) is 0 Å². The fourth-order valence-electron chi connectivity index (χ4n) is 5.27. The molecule has 0 bridgehead atoms. The Morgan fingerprint density at radius 1 is 0.878 bits per heavy atom. The van der Waals surface area contributed by atoms with E-state index >= 15 is 0 Å². The van der Waals surface area contributed by atoms with E-state index in [0.29, 0.717) is 57.0 Å². The minimum Gasteiger partial charge on any atom is -0.444 e. The highest BCUT2D eigenvalue weighted by atomic mass is 32.2. The third-order valence-corrected chi connectivity index (χ3v) is 10.5. The van der Waals surface area contributed by atoms with E-state index in [1.165, 1.54) is 11.3 Å². The average Bonchev–Trinajstić information content (AvgIpc) is 3.42. The summed E-state index contributed by atoms with van der Waals surface area (Å²) in [5.74, 6) is 1.67. The van der Waals surface area contributed by atoms with Gasteiger partial charge in [0.2, 0.25) is 16.9 Å². The number of thioether (sulfide) groups is 2. The molecular weight excluding hydrogens is 689 g/mol. The number of anilines is 1. The lowest BCUT2D eigenvalue weighted by molar-refractivity contribution is -0.121. The minimum atomic E-state index is -0.536. The number of amidine groups is 1. The van der Waals surface area contributed by atoms with Crippen LogP contribution in [0.1, 0.15) is 91.5 Å². The normalized spacial score (nSPS) is 17.0. The number of aryl methyl sites for hydroxylation is 1. The van der Waals surface area contributed by atoms with E-state index in [1.807, 2.05) is 41.5 Å². The molecule has 3 rings (SSSR count). The van der Waals surface area contributed by atoms with Crippen molar-refractivity contribution in [2.24, 2.45) is 17.6 Å². The van der Waals surface area contributed by atoms with Gasteiger partial charge in [0.15, 0.2) is 5.17 Å². The number of nitrogens with zero attached hydrogens (tertiary/aromatic N) is 4. The van der Waals surface area contributed by atoms with Gasteiger partial charge >= 0.3 is 12.2 Å². The van der Waals surface area contributed by atoms with Crippen molar-refractivity contribution in [3.8, 4) is 0 Å². The largest absolute Gasteiger partial charge is 0.444 e. The summed E-state index contributed by atoms with van der Waals surface area (Å²) in [6, 6.07) is 0. The molecule has 1 atom stereocenters. The van der Waals surface area contributed by atoms with Crippen LogP contribution in [0, 0.1) is 17.2 Å². The predicted octanol–water partition coefficient (Wildman–Crippen LogP) is 5.29. The second-order valence-electron chi connectivity index (χ2n) is 14.5. The quantitative estimate of drug-likeness (QED) is 0.0942. The van der Waals surface area contributed by atoms with Gasteiger partial charge in [-0.2, -0.15) is 11.8 Å². The number of nitrogens with one attached hydrogen (secondary N) is 3. The lowest BCUT2D eigenvalue weighted by atomic mass is 9.93. The Morgan fingerprint density at radius 2 is 1.39 bits per heavy atom. The number of aromatic nitrogens is 2. The topological polar surface area (TPSA) is 193 Å². The SMILES string of the molecule is CC(C)(C)OC(=O)N1CCC(CC(=O)NC(=N)SC(N)CCSCCc2nnc(NC(=O)CC3CCN(C(=O)OC(C)(C)C)CC3)s2)CC1. The smallest absolute Gasteiger partial charge is 0.410 e. The first-order valence-electron chi connectivity index (χ1n) is 16.9. The van der Waals surface area contributed by atoms with Crippen molar-refractivity contribution >= 4 is 69.2 Å². The van der Waals surface area contributed by atoms with Crippen molar-refractivity contribution in [1.29, 1.82) is 5.41 Å². The van der Waals surface area contributed by atoms with Crippen LogP contribution in [0.15, 0.2) is 0 Å². The van der Waals surface area contributed by atoms with Gasteiger partial charge < -0.3 is 35.6 Å². The summed E-state index contributed by atoms with van der Waals surface area (Å²) in [6.45, 7) is 13.3. The molecule has 276 valence electrons. The number of piperidine rings is 2. The number of rotatable bonds is 12. The van der Waals surface area contributed by atoms with Gasteiger partial charge in [-0.3, -0.25) is 15.0 Å². The first-order chi connectivity index (χ1) is 23.0. The zero-order valence-corrected chi connectivity index (χ0v) is 32.1. The lowest BCUT2D eigenvalue weighted by Gasteiger charge is -2.33. The summed E-state index contributed by atoms with van der Waals surface area (Å²) in [5, 5.41) is 23.0. The molecule has 2 aliphatic rings. The number of hydrogen-bond donors (Lipinski definition) is 4. The Hall–Kier alpha value is -2.63. The third kappa shape index (κ3) is 16.3. The summed E-state index contributed by atoms with van der Waals surface area (Å²) in [5.41, 5.74) is 5.14. The van der Waals surface area contributed by atoms with E-state index in [0.717, 1.165) is 54.0 Å². The first-order valence-corrected chi connectivity index (χ1v) is 19.8. The molecule has 0 spiro atoms.